The zero-order valence-electron chi connectivity index (χ0n) is 9.54. The first kappa shape index (κ1) is 12.8. The molecule has 3 N–H and O–H groups in total. The van der Waals surface area contributed by atoms with Gasteiger partial charge in [0, 0.05) is 13.1 Å². The lowest BCUT2D eigenvalue weighted by Gasteiger charge is -2.26. The minimum absolute atomic E-state index is 0.170. The van der Waals surface area contributed by atoms with E-state index in [-0.39, 0.29) is 5.95 Å². The number of piperidine rings is 1. The lowest BCUT2D eigenvalue weighted by molar-refractivity contribution is -0.144. The van der Waals surface area contributed by atoms with E-state index in [9.17, 15) is 13.2 Å². The van der Waals surface area contributed by atoms with Gasteiger partial charge in [0.05, 0.1) is 0 Å². The Hall–Kier alpha value is -1.64. The summed E-state index contributed by atoms with van der Waals surface area (Å²) in [6.45, 7) is 1.49. The third-order valence-electron chi connectivity index (χ3n) is 2.52. The van der Waals surface area contributed by atoms with Crippen molar-refractivity contribution in [2.45, 2.75) is 25.4 Å². The second-order valence-electron chi connectivity index (χ2n) is 4.00. The molecule has 0 atom stereocenters. The molecule has 1 fully saturated rings. The smallest absolute Gasteiger partial charge is 0.368 e. The van der Waals surface area contributed by atoms with Crippen LogP contribution in [0.15, 0.2) is 0 Å². The van der Waals surface area contributed by atoms with Gasteiger partial charge in [0.2, 0.25) is 17.7 Å². The molecule has 1 aromatic heterocycles. The minimum atomic E-state index is -4.63. The maximum Gasteiger partial charge on any atom is 0.451 e. The zero-order chi connectivity index (χ0) is 13.2. The third-order valence-corrected chi connectivity index (χ3v) is 2.52. The molecule has 2 heterocycles. The van der Waals surface area contributed by atoms with E-state index in [2.05, 4.69) is 20.4 Å². The molecular formula is C9H13F3N6. The van der Waals surface area contributed by atoms with E-state index < -0.39 is 17.9 Å². The van der Waals surface area contributed by atoms with Crippen LogP contribution in [0, 0.1) is 0 Å². The first-order valence-corrected chi connectivity index (χ1v) is 5.55. The number of nitrogen functional groups attached to an aromatic ring is 1. The maximum absolute atomic E-state index is 12.5. The van der Waals surface area contributed by atoms with Gasteiger partial charge in [0.15, 0.2) is 0 Å². The van der Waals surface area contributed by atoms with Crippen LogP contribution in [0.5, 0.6) is 0 Å². The number of anilines is 2. The molecule has 0 aromatic carbocycles. The highest BCUT2D eigenvalue weighted by Crippen LogP contribution is 2.26. The molecule has 0 saturated carbocycles. The van der Waals surface area contributed by atoms with Crippen LogP contribution in [0.3, 0.4) is 0 Å². The summed E-state index contributed by atoms with van der Waals surface area (Å²) in [4.78, 5) is 10.0. The predicted octanol–water partition coefficient (Wildman–Crippen LogP) is 1.29. The molecule has 1 aliphatic rings. The number of alkyl halides is 3. The molecule has 0 aliphatic carbocycles. The van der Waals surface area contributed by atoms with Crippen molar-refractivity contribution < 1.29 is 13.2 Å². The lowest BCUT2D eigenvalue weighted by atomic mass is 10.2. The molecule has 1 aliphatic heterocycles. The number of nitrogens with one attached hydrogen (secondary N) is 1. The van der Waals surface area contributed by atoms with Gasteiger partial charge in [-0.2, -0.15) is 28.1 Å². The molecule has 6 nitrogen and oxygen atoms in total. The van der Waals surface area contributed by atoms with Gasteiger partial charge in [0.1, 0.15) is 0 Å². The molecule has 0 unspecified atom stereocenters. The van der Waals surface area contributed by atoms with Crippen molar-refractivity contribution in [3.8, 4) is 0 Å². The summed E-state index contributed by atoms with van der Waals surface area (Å²) in [7, 11) is 0. The van der Waals surface area contributed by atoms with Crippen molar-refractivity contribution in [2.75, 3.05) is 24.2 Å². The Morgan fingerprint density at radius 3 is 2.33 bits per heavy atom. The number of hydrazine groups is 1. The molecule has 0 bridgehead atoms. The van der Waals surface area contributed by atoms with Crippen LogP contribution in [-0.4, -0.2) is 33.1 Å². The van der Waals surface area contributed by atoms with Gasteiger partial charge in [-0.3, -0.25) is 5.43 Å². The van der Waals surface area contributed by atoms with Crippen LogP contribution in [0.25, 0.3) is 0 Å². The highest BCUT2D eigenvalue weighted by molar-refractivity contribution is 5.30. The highest BCUT2D eigenvalue weighted by Gasteiger charge is 2.35. The summed E-state index contributed by atoms with van der Waals surface area (Å²) in [6, 6.07) is 0. The second kappa shape index (κ2) is 4.92. The fraction of sp³-hybridized carbons (Fsp3) is 0.667. The summed E-state index contributed by atoms with van der Waals surface area (Å²) >= 11 is 0. The number of halogens is 3. The van der Waals surface area contributed by atoms with E-state index in [0.29, 0.717) is 0 Å². The Labute approximate surface area is 101 Å². The van der Waals surface area contributed by atoms with Crippen molar-refractivity contribution in [1.82, 2.24) is 20.0 Å². The lowest BCUT2D eigenvalue weighted by Crippen LogP contribution is -2.36. The fourth-order valence-electron chi connectivity index (χ4n) is 1.72. The number of rotatable bonds is 2. The SMILES string of the molecule is Nc1nc(NN2CCCCC2)nc(C(F)(F)F)n1. The van der Waals surface area contributed by atoms with E-state index in [1.807, 2.05) is 0 Å². The van der Waals surface area contributed by atoms with Crippen LogP contribution in [0.2, 0.25) is 0 Å². The molecule has 100 valence electrons. The normalized spacial score (nSPS) is 17.7. The van der Waals surface area contributed by atoms with E-state index >= 15 is 0 Å². The Balaban J connectivity index is 2.14. The Bertz CT molecular complexity index is 415. The molecule has 0 spiro atoms. The van der Waals surface area contributed by atoms with Crippen LogP contribution >= 0.6 is 0 Å². The summed E-state index contributed by atoms with van der Waals surface area (Å²) < 4.78 is 37.4. The Kier molecular flexibility index (Phi) is 3.50. The summed E-state index contributed by atoms with van der Waals surface area (Å²) in [5.74, 6) is -1.90. The monoisotopic (exact) mass is 262 g/mol. The predicted molar refractivity (Wildman–Crippen MR) is 58.3 cm³/mol. The molecule has 1 saturated heterocycles. The summed E-state index contributed by atoms with van der Waals surface area (Å²) in [5.41, 5.74) is 7.97. The standard InChI is InChI=1S/C9H13F3N6/c10-9(11,12)6-14-7(13)16-8(15-6)17-18-4-2-1-3-5-18/h1-5H2,(H3,13,14,15,16,17). The molecule has 2 rings (SSSR count). The Morgan fingerprint density at radius 2 is 1.72 bits per heavy atom. The number of nitrogens with zero attached hydrogens (tertiary/aromatic N) is 4. The van der Waals surface area contributed by atoms with E-state index in [1.165, 1.54) is 0 Å². The number of hydrogen-bond acceptors (Lipinski definition) is 6. The number of nitrogens with two attached hydrogens (primary N) is 1. The van der Waals surface area contributed by atoms with Crippen molar-refractivity contribution in [3.05, 3.63) is 5.82 Å². The van der Waals surface area contributed by atoms with Crippen LogP contribution in [0.4, 0.5) is 25.1 Å². The molecule has 9 heteroatoms. The molecular weight excluding hydrogens is 249 g/mol. The molecule has 0 amide bonds. The van der Waals surface area contributed by atoms with Gasteiger partial charge in [-0.05, 0) is 12.8 Å². The van der Waals surface area contributed by atoms with Crippen molar-refractivity contribution in [2.24, 2.45) is 0 Å². The topological polar surface area (TPSA) is 80.0 Å². The zero-order valence-corrected chi connectivity index (χ0v) is 9.54. The molecule has 1 aromatic rings. The van der Waals surface area contributed by atoms with Gasteiger partial charge in [-0.25, -0.2) is 5.01 Å². The average molecular weight is 262 g/mol. The first-order chi connectivity index (χ1) is 8.45. The van der Waals surface area contributed by atoms with Gasteiger partial charge in [0.25, 0.3) is 0 Å². The van der Waals surface area contributed by atoms with Crippen LogP contribution in [0.1, 0.15) is 25.1 Å². The van der Waals surface area contributed by atoms with Gasteiger partial charge in [-0.1, -0.05) is 6.42 Å². The molecule has 0 radical (unpaired) electrons. The fourth-order valence-corrected chi connectivity index (χ4v) is 1.72. The van der Waals surface area contributed by atoms with Crippen molar-refractivity contribution in [1.29, 1.82) is 0 Å². The minimum Gasteiger partial charge on any atom is -0.368 e. The first-order valence-electron chi connectivity index (χ1n) is 5.55. The quantitative estimate of drug-likeness (QED) is 0.836. The van der Waals surface area contributed by atoms with E-state index in [0.717, 1.165) is 32.4 Å². The largest absolute Gasteiger partial charge is 0.451 e. The highest BCUT2D eigenvalue weighted by atomic mass is 19.4. The van der Waals surface area contributed by atoms with E-state index in [1.54, 1.807) is 5.01 Å². The average Bonchev–Trinajstić information content (AvgIpc) is 2.28. The molecule has 18 heavy (non-hydrogen) atoms. The van der Waals surface area contributed by atoms with Crippen LogP contribution < -0.4 is 11.2 Å². The maximum atomic E-state index is 12.5. The summed E-state index contributed by atoms with van der Waals surface area (Å²) in [5, 5.41) is 1.78. The second-order valence-corrected chi connectivity index (χ2v) is 4.00. The summed E-state index contributed by atoms with van der Waals surface area (Å²) in [6.07, 6.45) is -1.54. The van der Waals surface area contributed by atoms with Crippen molar-refractivity contribution in [3.63, 3.8) is 0 Å². The third kappa shape index (κ3) is 3.19. The van der Waals surface area contributed by atoms with Gasteiger partial charge >= 0.3 is 6.18 Å². The number of hydrogen-bond donors (Lipinski definition) is 2. The van der Waals surface area contributed by atoms with Crippen molar-refractivity contribution >= 4 is 11.9 Å². The van der Waals surface area contributed by atoms with Crippen LogP contribution in [-0.2, 0) is 6.18 Å². The number of aromatic nitrogens is 3. The Morgan fingerprint density at radius 1 is 1.06 bits per heavy atom. The van der Waals surface area contributed by atoms with Gasteiger partial charge in [-0.15, -0.1) is 0 Å². The van der Waals surface area contributed by atoms with Gasteiger partial charge < -0.3 is 5.73 Å². The van der Waals surface area contributed by atoms with E-state index in [4.69, 9.17) is 5.73 Å².